The third-order valence-electron chi connectivity index (χ3n) is 4.12. The van der Waals surface area contributed by atoms with E-state index in [0.29, 0.717) is 10.8 Å². The van der Waals surface area contributed by atoms with Gasteiger partial charge in [0.2, 0.25) is 0 Å². The van der Waals surface area contributed by atoms with Crippen LogP contribution < -0.4 is 154 Å². The maximum atomic E-state index is 10.5. The molecule has 0 heterocycles. The van der Waals surface area contributed by atoms with E-state index in [4.69, 9.17) is 4.74 Å². The van der Waals surface area contributed by atoms with Crippen molar-refractivity contribution in [2.75, 3.05) is 0 Å². The standard InChI is InChI=1S/C10H19O2.C9H19NO.C9H19.3CH4.3CH3.3K/c1-9(2,3)8(12-7-11)10(4,5)6;1-8(2,3)7(10-11)9(4,5)6;1-8(2,3)7-9(4,5)6;;;;;;;;;/h8H,1-6H3;11H,1-6H3;7H,1-6H3;3*1H4;3*1H3;;;/q-1;;-1;;;;3*-1;3*+1/p-1. The summed E-state index contributed by atoms with van der Waals surface area (Å²) in [6.45, 7) is 39.3. The first-order valence-corrected chi connectivity index (χ1v) is 11.7. The van der Waals surface area contributed by atoms with Gasteiger partial charge in [-0.05, 0) is 21.7 Å². The van der Waals surface area contributed by atoms with Crippen molar-refractivity contribution in [3.05, 3.63) is 33.9 Å². The molecular formula is C34H77K3NO3-3. The average molecular weight is 665 g/mol. The normalized spacial score (nSPS) is 10.4. The number of carbonyl (C=O) groups excluding carboxylic acids is 1. The monoisotopic (exact) mass is 664 g/mol. The van der Waals surface area contributed by atoms with Crippen molar-refractivity contribution in [1.82, 2.24) is 0 Å². The van der Waals surface area contributed by atoms with E-state index < -0.39 is 0 Å². The van der Waals surface area contributed by atoms with Gasteiger partial charge in [0, 0.05) is 5.71 Å². The van der Waals surface area contributed by atoms with Crippen molar-refractivity contribution in [2.45, 2.75) is 153 Å². The Balaban J connectivity index is -0.0000000279. The molecule has 0 saturated heterocycles. The largest absolute Gasteiger partial charge is 1.00 e. The second-order valence-electron chi connectivity index (χ2n) is 15.1. The van der Waals surface area contributed by atoms with Gasteiger partial charge < -0.3 is 48.6 Å². The molecule has 0 rings (SSSR count). The summed E-state index contributed by atoms with van der Waals surface area (Å²) in [6, 6.07) is 0. The Labute approximate surface area is 393 Å². The minimum Gasteiger partial charge on any atom is -0.792 e. The molecular weight excluding hydrogens is 588 g/mol. The van der Waals surface area contributed by atoms with E-state index in [2.05, 4.69) is 94.7 Å². The number of hydrogen-bond donors (Lipinski definition) is 0. The second-order valence-corrected chi connectivity index (χ2v) is 15.1. The molecule has 0 amide bonds. The zero-order chi connectivity index (χ0) is 27.0. The summed E-state index contributed by atoms with van der Waals surface area (Å²) < 4.78 is 4.97. The maximum Gasteiger partial charge on any atom is 1.00 e. The van der Waals surface area contributed by atoms with Gasteiger partial charge in [-0.15, -0.1) is 0 Å². The predicted molar refractivity (Wildman–Crippen MR) is 182 cm³/mol. The first kappa shape index (κ1) is 79.9. The zero-order valence-corrected chi connectivity index (χ0v) is 40.2. The van der Waals surface area contributed by atoms with Gasteiger partial charge >= 0.3 is 154 Å². The maximum absolute atomic E-state index is 10.5. The van der Waals surface area contributed by atoms with E-state index in [-0.39, 0.29) is 226 Å². The Kier molecular flexibility index (Phi) is 63.2. The number of rotatable bonds is 2. The van der Waals surface area contributed by atoms with Crippen LogP contribution in [-0.2, 0) is 9.53 Å². The van der Waals surface area contributed by atoms with Crippen LogP contribution in [0.1, 0.15) is 147 Å². The molecule has 0 aromatic carbocycles. The van der Waals surface area contributed by atoms with Gasteiger partial charge in [-0.2, -0.15) is 10.8 Å². The molecule has 0 aromatic rings. The zero-order valence-electron chi connectivity index (χ0n) is 30.8. The van der Waals surface area contributed by atoms with E-state index in [9.17, 15) is 10.0 Å². The Bertz CT molecular complexity index is 523. The van der Waals surface area contributed by atoms with E-state index in [1.807, 2.05) is 41.5 Å². The van der Waals surface area contributed by atoms with Gasteiger partial charge in [-0.1, -0.05) is 153 Å². The molecule has 4 nitrogen and oxygen atoms in total. The second kappa shape index (κ2) is 32.4. The van der Waals surface area contributed by atoms with Crippen molar-refractivity contribution < 1.29 is 164 Å². The van der Waals surface area contributed by atoms with Crippen LogP contribution in [0.4, 0.5) is 0 Å². The summed E-state index contributed by atoms with van der Waals surface area (Å²) in [6.07, 6.45) is 2.28. The summed E-state index contributed by atoms with van der Waals surface area (Å²) in [7, 11) is 0. The van der Waals surface area contributed by atoms with Gasteiger partial charge in [-0.3, -0.25) is 0 Å². The number of ether oxygens (including phenoxy) is 1. The molecule has 0 aliphatic heterocycles. The summed E-state index contributed by atoms with van der Waals surface area (Å²) in [5.74, 6) is 0. The van der Waals surface area contributed by atoms with Gasteiger partial charge in [0.25, 0.3) is 0 Å². The molecule has 0 fully saturated rings. The first-order chi connectivity index (χ1) is 13.6. The topological polar surface area (TPSA) is 61.7 Å². The van der Waals surface area contributed by atoms with E-state index in [1.165, 1.54) is 6.47 Å². The molecule has 0 aromatic heterocycles. The molecule has 0 atom stereocenters. The predicted octanol–water partition coefficient (Wildman–Crippen LogP) is 3.10. The minimum absolute atomic E-state index is 0. The third kappa shape index (κ3) is 50.9. The van der Waals surface area contributed by atoms with Gasteiger partial charge in [0.1, 0.15) is 0 Å². The molecule has 0 aliphatic carbocycles. The smallest absolute Gasteiger partial charge is 0.792 e. The minimum atomic E-state index is -0.111. The van der Waals surface area contributed by atoms with Gasteiger partial charge in [-0.25, -0.2) is 0 Å². The fraction of sp³-hybridized carbons (Fsp3) is 0.824. The molecule has 242 valence electrons. The average Bonchev–Trinajstić information content (AvgIpc) is 2.36. The number of nitrogens with zero attached hydrogens (tertiary/aromatic N) is 1. The number of hydrogen-bond acceptors (Lipinski definition) is 4. The molecule has 0 N–H and O–H groups in total. The Morgan fingerprint density at radius 2 is 0.829 bits per heavy atom. The quantitative estimate of drug-likeness (QED) is 0.197. The molecule has 0 bridgehead atoms. The summed E-state index contributed by atoms with van der Waals surface area (Å²) in [5.41, 5.74) is 1.16. The first-order valence-electron chi connectivity index (χ1n) is 11.7. The van der Waals surface area contributed by atoms with E-state index in [0.717, 1.165) is 5.71 Å². The van der Waals surface area contributed by atoms with Crippen molar-refractivity contribution in [2.24, 2.45) is 37.6 Å². The Hall–Kier alpha value is 3.85. The summed E-state index contributed by atoms with van der Waals surface area (Å²) in [5, 5.41) is 13.6. The molecule has 0 unspecified atom stereocenters. The third-order valence-corrected chi connectivity index (χ3v) is 4.12. The van der Waals surface area contributed by atoms with Crippen molar-refractivity contribution in [1.29, 1.82) is 0 Å². The van der Waals surface area contributed by atoms with Crippen LogP contribution in [-0.4, -0.2) is 18.3 Å². The molecule has 0 saturated carbocycles. The van der Waals surface area contributed by atoms with Gasteiger partial charge in [0.15, 0.2) is 0 Å². The van der Waals surface area contributed by atoms with E-state index in [1.54, 1.807) is 0 Å². The fourth-order valence-electron chi connectivity index (χ4n) is 4.40. The Morgan fingerprint density at radius 1 is 0.610 bits per heavy atom. The summed E-state index contributed by atoms with van der Waals surface area (Å²) >= 11 is 0. The van der Waals surface area contributed by atoms with Crippen molar-refractivity contribution in [3.8, 4) is 0 Å². The molecule has 0 aliphatic rings. The van der Waals surface area contributed by atoms with Crippen LogP contribution in [0.2, 0.25) is 0 Å². The van der Waals surface area contributed by atoms with Crippen LogP contribution >= 0.6 is 0 Å². The van der Waals surface area contributed by atoms with Gasteiger partial charge in [0.05, 0.1) is 6.10 Å². The molecule has 41 heavy (non-hydrogen) atoms. The molecule has 0 spiro atoms. The SMILES string of the molecule is C.C.C.CC(C)(C)C(=N[O-])C(C)(C)C.CC(C)(C)C(O[C-]=O)C(C)(C)C.CC(C)(C)[CH-]C(C)(C)C.[CH3-].[CH3-].[CH3-].[K+].[K+].[K+]. The fourth-order valence-corrected chi connectivity index (χ4v) is 4.40. The van der Waals surface area contributed by atoms with E-state index >= 15 is 0 Å². The van der Waals surface area contributed by atoms with Crippen molar-refractivity contribution in [3.63, 3.8) is 0 Å². The van der Waals surface area contributed by atoms with Crippen molar-refractivity contribution >= 4 is 12.2 Å². The summed E-state index contributed by atoms with van der Waals surface area (Å²) in [4.78, 5) is 10.2. The van der Waals surface area contributed by atoms with Crippen LogP contribution in [0.5, 0.6) is 0 Å². The molecule has 7 heteroatoms. The van der Waals surface area contributed by atoms with Crippen LogP contribution in [0, 0.1) is 66.4 Å². The van der Waals surface area contributed by atoms with Crippen LogP contribution in [0.25, 0.3) is 0 Å². The van der Waals surface area contributed by atoms with Crippen LogP contribution in [0.3, 0.4) is 0 Å². The Morgan fingerprint density at radius 3 is 0.854 bits per heavy atom. The molecule has 0 radical (unpaired) electrons. The van der Waals surface area contributed by atoms with Crippen LogP contribution in [0.15, 0.2) is 5.16 Å².